The zero-order valence-electron chi connectivity index (χ0n) is 16.1. The van der Waals surface area contributed by atoms with Crippen LogP contribution in [-0.4, -0.2) is 24.9 Å². The van der Waals surface area contributed by atoms with Crippen molar-refractivity contribution in [3.05, 3.63) is 24.3 Å². The average Bonchev–Trinajstić information content (AvgIpc) is 2.75. The lowest BCUT2D eigenvalue weighted by atomic mass is 9.78. The molecular formula is C20H33BO3. The van der Waals surface area contributed by atoms with Crippen LogP contribution in [0.15, 0.2) is 24.3 Å². The van der Waals surface area contributed by atoms with Crippen molar-refractivity contribution in [1.29, 1.82) is 0 Å². The second kappa shape index (κ2) is 8.40. The predicted molar refractivity (Wildman–Crippen MR) is 101 cm³/mol. The van der Waals surface area contributed by atoms with Gasteiger partial charge in [-0.1, -0.05) is 57.2 Å². The van der Waals surface area contributed by atoms with E-state index in [1.165, 1.54) is 32.1 Å². The minimum absolute atomic E-state index is 0.329. The fraction of sp³-hybridized carbons (Fsp3) is 0.700. The van der Waals surface area contributed by atoms with E-state index >= 15 is 0 Å². The molecule has 0 N–H and O–H groups in total. The molecule has 0 aliphatic carbocycles. The van der Waals surface area contributed by atoms with Crippen LogP contribution in [0.25, 0.3) is 0 Å². The van der Waals surface area contributed by atoms with Crippen LogP contribution in [0, 0.1) is 0 Å². The number of hydrogen-bond acceptors (Lipinski definition) is 3. The number of benzene rings is 1. The van der Waals surface area contributed by atoms with Gasteiger partial charge in [0.1, 0.15) is 5.75 Å². The second-order valence-corrected chi connectivity index (χ2v) is 7.74. The average molecular weight is 332 g/mol. The Morgan fingerprint density at radius 1 is 0.875 bits per heavy atom. The summed E-state index contributed by atoms with van der Waals surface area (Å²) in [4.78, 5) is 0. The van der Waals surface area contributed by atoms with Crippen molar-refractivity contribution in [1.82, 2.24) is 0 Å². The van der Waals surface area contributed by atoms with Crippen molar-refractivity contribution in [3.63, 3.8) is 0 Å². The highest BCUT2D eigenvalue weighted by atomic mass is 16.7. The maximum atomic E-state index is 6.16. The standard InChI is InChI=1S/C20H33BO3/c1-6-7-8-9-10-13-16-22-18-15-12-11-14-17(18)21-23-19(2,3)20(4,5)24-21/h11-12,14-15H,6-10,13,16H2,1-5H3. The normalized spacial score (nSPS) is 18.8. The summed E-state index contributed by atoms with van der Waals surface area (Å²) < 4.78 is 18.4. The zero-order valence-corrected chi connectivity index (χ0v) is 16.1. The molecule has 0 amide bonds. The maximum absolute atomic E-state index is 6.16. The summed E-state index contributed by atoms with van der Waals surface area (Å²) in [6, 6.07) is 8.07. The van der Waals surface area contributed by atoms with E-state index in [0.717, 1.165) is 24.2 Å². The van der Waals surface area contributed by atoms with Gasteiger partial charge in [-0.25, -0.2) is 0 Å². The molecule has 0 saturated carbocycles. The Morgan fingerprint density at radius 2 is 1.46 bits per heavy atom. The number of unbranched alkanes of at least 4 members (excludes halogenated alkanes) is 5. The van der Waals surface area contributed by atoms with E-state index in [1.54, 1.807) is 0 Å². The first-order valence-electron chi connectivity index (χ1n) is 9.45. The topological polar surface area (TPSA) is 27.7 Å². The summed E-state index contributed by atoms with van der Waals surface area (Å²) in [5, 5.41) is 0. The molecule has 4 heteroatoms. The van der Waals surface area contributed by atoms with Gasteiger partial charge in [-0.3, -0.25) is 0 Å². The van der Waals surface area contributed by atoms with E-state index in [2.05, 4.69) is 34.6 Å². The monoisotopic (exact) mass is 332 g/mol. The fourth-order valence-electron chi connectivity index (χ4n) is 2.84. The summed E-state index contributed by atoms with van der Waals surface area (Å²) in [5.41, 5.74) is 0.329. The van der Waals surface area contributed by atoms with Crippen LogP contribution in [-0.2, 0) is 9.31 Å². The highest BCUT2D eigenvalue weighted by molar-refractivity contribution is 6.63. The molecule has 0 bridgehead atoms. The third-order valence-corrected chi connectivity index (χ3v) is 5.18. The highest BCUT2D eigenvalue weighted by Crippen LogP contribution is 2.37. The van der Waals surface area contributed by atoms with Gasteiger partial charge >= 0.3 is 7.12 Å². The number of rotatable bonds is 9. The molecule has 24 heavy (non-hydrogen) atoms. The molecule has 0 unspecified atom stereocenters. The highest BCUT2D eigenvalue weighted by Gasteiger charge is 2.52. The summed E-state index contributed by atoms with van der Waals surface area (Å²) >= 11 is 0. The first-order valence-corrected chi connectivity index (χ1v) is 9.45. The van der Waals surface area contributed by atoms with Crippen molar-refractivity contribution < 1.29 is 14.0 Å². The van der Waals surface area contributed by atoms with Crippen molar-refractivity contribution in [3.8, 4) is 5.75 Å². The Hall–Kier alpha value is -0.995. The van der Waals surface area contributed by atoms with Crippen molar-refractivity contribution in [2.45, 2.75) is 84.3 Å². The van der Waals surface area contributed by atoms with E-state index in [0.29, 0.717) is 0 Å². The van der Waals surface area contributed by atoms with Crippen molar-refractivity contribution >= 4 is 12.6 Å². The molecule has 134 valence electrons. The van der Waals surface area contributed by atoms with Gasteiger partial charge < -0.3 is 14.0 Å². The Balaban J connectivity index is 1.89. The first-order chi connectivity index (χ1) is 11.4. The summed E-state index contributed by atoms with van der Waals surface area (Å²) in [5.74, 6) is 0.879. The smallest absolute Gasteiger partial charge is 0.494 e. The largest absolute Gasteiger partial charge is 0.498 e. The lowest BCUT2D eigenvalue weighted by Gasteiger charge is -2.32. The molecule has 1 heterocycles. The molecule has 0 radical (unpaired) electrons. The molecular weight excluding hydrogens is 299 g/mol. The third kappa shape index (κ3) is 4.76. The minimum Gasteiger partial charge on any atom is -0.494 e. The van der Waals surface area contributed by atoms with E-state index in [4.69, 9.17) is 14.0 Å². The molecule has 1 aromatic carbocycles. The molecule has 1 fully saturated rings. The van der Waals surface area contributed by atoms with Crippen LogP contribution in [0.2, 0.25) is 0 Å². The van der Waals surface area contributed by atoms with Gasteiger partial charge in [0, 0.05) is 5.46 Å². The lowest BCUT2D eigenvalue weighted by molar-refractivity contribution is 0.00578. The van der Waals surface area contributed by atoms with Crippen LogP contribution in [0.1, 0.15) is 73.1 Å². The number of para-hydroxylation sites is 1. The predicted octanol–water partition coefficient (Wildman–Crippen LogP) is 4.73. The van der Waals surface area contributed by atoms with E-state index in [-0.39, 0.29) is 18.3 Å². The number of ether oxygens (including phenoxy) is 1. The van der Waals surface area contributed by atoms with E-state index < -0.39 is 0 Å². The van der Waals surface area contributed by atoms with Gasteiger partial charge in [-0.2, -0.15) is 0 Å². The second-order valence-electron chi connectivity index (χ2n) is 7.74. The zero-order chi connectivity index (χ0) is 17.6. The van der Waals surface area contributed by atoms with Gasteiger partial charge in [0.15, 0.2) is 0 Å². The quantitative estimate of drug-likeness (QED) is 0.483. The molecule has 1 aromatic rings. The summed E-state index contributed by atoms with van der Waals surface area (Å²) in [6.45, 7) is 11.3. The van der Waals surface area contributed by atoms with Gasteiger partial charge in [0.2, 0.25) is 0 Å². The van der Waals surface area contributed by atoms with Crippen LogP contribution in [0.5, 0.6) is 5.75 Å². The van der Waals surface area contributed by atoms with Crippen LogP contribution in [0.4, 0.5) is 0 Å². The SMILES string of the molecule is CCCCCCCCOc1ccccc1B1OC(C)(C)C(C)(C)O1. The van der Waals surface area contributed by atoms with E-state index in [9.17, 15) is 0 Å². The molecule has 1 aliphatic rings. The van der Waals surface area contributed by atoms with Crippen LogP contribution >= 0.6 is 0 Å². The Kier molecular flexibility index (Phi) is 6.76. The Labute approximate surface area is 148 Å². The van der Waals surface area contributed by atoms with E-state index in [1.807, 2.05) is 24.3 Å². The third-order valence-electron chi connectivity index (χ3n) is 5.18. The molecule has 2 rings (SSSR count). The van der Waals surface area contributed by atoms with Crippen LogP contribution < -0.4 is 10.2 Å². The maximum Gasteiger partial charge on any atom is 0.498 e. The van der Waals surface area contributed by atoms with Crippen molar-refractivity contribution in [2.24, 2.45) is 0 Å². The van der Waals surface area contributed by atoms with Gasteiger partial charge in [0.05, 0.1) is 17.8 Å². The Morgan fingerprint density at radius 3 is 2.12 bits per heavy atom. The fourth-order valence-corrected chi connectivity index (χ4v) is 2.84. The summed E-state index contributed by atoms with van der Waals surface area (Å²) in [6.07, 6.45) is 7.60. The van der Waals surface area contributed by atoms with Gasteiger partial charge in [0.25, 0.3) is 0 Å². The lowest BCUT2D eigenvalue weighted by Crippen LogP contribution is -2.41. The molecule has 3 nitrogen and oxygen atoms in total. The molecule has 1 aliphatic heterocycles. The number of hydrogen-bond donors (Lipinski definition) is 0. The van der Waals surface area contributed by atoms with Crippen LogP contribution in [0.3, 0.4) is 0 Å². The molecule has 0 atom stereocenters. The van der Waals surface area contributed by atoms with Crippen molar-refractivity contribution in [2.75, 3.05) is 6.61 Å². The summed E-state index contributed by atoms with van der Waals surface area (Å²) in [7, 11) is -0.365. The molecule has 0 spiro atoms. The molecule has 0 aromatic heterocycles. The Bertz CT molecular complexity index is 497. The minimum atomic E-state index is -0.365. The first kappa shape index (κ1) is 19.3. The molecule has 1 saturated heterocycles. The van der Waals surface area contributed by atoms with Gasteiger partial charge in [-0.15, -0.1) is 0 Å². The van der Waals surface area contributed by atoms with Gasteiger partial charge in [-0.05, 0) is 40.2 Å².